The number of benzene rings is 1. The lowest BCUT2D eigenvalue weighted by Crippen LogP contribution is -2.42. The number of ether oxygens (including phenoxy) is 1. The molecule has 1 atom stereocenters. The van der Waals surface area contributed by atoms with Crippen LogP contribution in [-0.2, 0) is 20.2 Å². The molecule has 6 nitrogen and oxygen atoms in total. The van der Waals surface area contributed by atoms with Gasteiger partial charge >= 0.3 is 0 Å². The van der Waals surface area contributed by atoms with Gasteiger partial charge in [0.15, 0.2) is 0 Å². The number of hydrogen-bond donors (Lipinski definition) is 0. The van der Waals surface area contributed by atoms with Crippen molar-refractivity contribution in [1.29, 1.82) is 0 Å². The van der Waals surface area contributed by atoms with Crippen molar-refractivity contribution in [2.24, 2.45) is 0 Å². The summed E-state index contributed by atoms with van der Waals surface area (Å²) >= 11 is 0. The molecule has 1 saturated heterocycles. The Bertz CT molecular complexity index is 746. The summed E-state index contributed by atoms with van der Waals surface area (Å²) < 4.78 is 31.5. The van der Waals surface area contributed by atoms with E-state index in [9.17, 15) is 13.2 Å². The maximum absolute atomic E-state index is 12.9. The molecule has 1 unspecified atom stereocenters. The molecule has 7 heteroatoms. The van der Waals surface area contributed by atoms with E-state index in [4.69, 9.17) is 4.74 Å². The van der Waals surface area contributed by atoms with E-state index in [1.165, 1.54) is 4.31 Å². The lowest BCUT2D eigenvalue weighted by molar-refractivity contribution is -0.122. The summed E-state index contributed by atoms with van der Waals surface area (Å²) in [5, 5.41) is 0. The van der Waals surface area contributed by atoms with E-state index in [-0.39, 0.29) is 18.2 Å². The number of fused-ring (bicyclic) bond motifs is 2. The van der Waals surface area contributed by atoms with Crippen LogP contribution in [0.2, 0.25) is 0 Å². The topological polar surface area (TPSA) is 66.9 Å². The third-order valence-corrected chi connectivity index (χ3v) is 6.91. The highest BCUT2D eigenvalue weighted by molar-refractivity contribution is 7.89. The Balaban J connectivity index is 2.03. The fourth-order valence-electron chi connectivity index (χ4n) is 3.66. The molecule has 2 heterocycles. The van der Waals surface area contributed by atoms with Crippen LogP contribution < -0.4 is 9.64 Å². The van der Waals surface area contributed by atoms with Crippen LogP contribution in [0.25, 0.3) is 0 Å². The molecule has 2 aliphatic rings. The molecule has 0 saturated carbocycles. The number of carbonyl (C=O) groups is 1. The van der Waals surface area contributed by atoms with Crippen LogP contribution in [-0.4, -0.2) is 51.6 Å². The van der Waals surface area contributed by atoms with Crippen LogP contribution >= 0.6 is 0 Å². The highest BCUT2D eigenvalue weighted by Crippen LogP contribution is 2.48. The number of amides is 1. The van der Waals surface area contributed by atoms with Crippen LogP contribution in [0.3, 0.4) is 0 Å². The molecule has 0 aliphatic carbocycles. The third-order valence-electron chi connectivity index (χ3n) is 4.88. The molecule has 1 spiro atoms. The first-order valence-corrected chi connectivity index (χ1v) is 9.41. The second-order valence-corrected chi connectivity index (χ2v) is 8.32. The summed E-state index contributed by atoms with van der Waals surface area (Å²) in [6.07, 6.45) is 1.09. The van der Waals surface area contributed by atoms with Crippen LogP contribution in [0.1, 0.15) is 25.3 Å². The van der Waals surface area contributed by atoms with E-state index >= 15 is 0 Å². The molecule has 1 fully saturated rings. The molecule has 1 aromatic rings. The number of likely N-dealkylation sites (N-methyl/N-ethyl adjacent to an activating group) is 1. The highest BCUT2D eigenvalue weighted by Gasteiger charge is 2.55. The Hall–Kier alpha value is -1.60. The zero-order valence-corrected chi connectivity index (χ0v) is 14.5. The van der Waals surface area contributed by atoms with E-state index in [2.05, 4.69) is 0 Å². The normalized spacial score (nSPS) is 24.5. The molecule has 0 bridgehead atoms. The predicted octanol–water partition coefficient (Wildman–Crippen LogP) is 1.35. The molecular weight excluding hydrogens is 316 g/mol. The fourth-order valence-corrected chi connectivity index (χ4v) is 5.22. The number of methoxy groups -OCH3 is 1. The predicted molar refractivity (Wildman–Crippen MR) is 88.3 cm³/mol. The van der Waals surface area contributed by atoms with Gasteiger partial charge in [-0.1, -0.05) is 6.92 Å². The molecule has 3 rings (SSSR count). The number of rotatable bonds is 4. The largest absolute Gasteiger partial charge is 0.497 e. The fraction of sp³-hybridized carbons (Fsp3) is 0.562. The average Bonchev–Trinajstić information content (AvgIpc) is 3.06. The molecule has 126 valence electrons. The smallest absolute Gasteiger partial charge is 0.238 e. The summed E-state index contributed by atoms with van der Waals surface area (Å²) in [7, 11) is 0.0252. The monoisotopic (exact) mass is 338 g/mol. The Kier molecular flexibility index (Phi) is 3.88. The van der Waals surface area contributed by atoms with Crippen molar-refractivity contribution < 1.29 is 17.9 Å². The molecule has 23 heavy (non-hydrogen) atoms. The van der Waals surface area contributed by atoms with Crippen molar-refractivity contribution in [3.05, 3.63) is 23.8 Å². The lowest BCUT2D eigenvalue weighted by Gasteiger charge is -2.23. The van der Waals surface area contributed by atoms with E-state index in [1.807, 2.05) is 25.1 Å². The van der Waals surface area contributed by atoms with Crippen molar-refractivity contribution in [3.8, 4) is 5.75 Å². The van der Waals surface area contributed by atoms with Crippen molar-refractivity contribution in [2.75, 3.05) is 37.9 Å². The van der Waals surface area contributed by atoms with Crippen molar-refractivity contribution >= 4 is 21.6 Å². The molecule has 1 amide bonds. The molecular formula is C16H22N2O4S. The van der Waals surface area contributed by atoms with Crippen LogP contribution in [0.5, 0.6) is 5.75 Å². The Morgan fingerprint density at radius 3 is 2.74 bits per heavy atom. The Morgan fingerprint density at radius 2 is 2.09 bits per heavy atom. The van der Waals surface area contributed by atoms with Crippen molar-refractivity contribution in [2.45, 2.75) is 25.2 Å². The van der Waals surface area contributed by atoms with Gasteiger partial charge in [-0.3, -0.25) is 4.79 Å². The number of carbonyl (C=O) groups excluding carboxylic acids is 1. The SMILES string of the molecule is CCCS(=O)(=O)N1CCC2(C1)C(=O)N(C)c1ccc(OC)cc12. The van der Waals surface area contributed by atoms with Crippen LogP contribution in [0.15, 0.2) is 18.2 Å². The molecule has 0 aromatic heterocycles. The van der Waals surface area contributed by atoms with Gasteiger partial charge in [0.2, 0.25) is 15.9 Å². The van der Waals surface area contributed by atoms with E-state index in [0.717, 1.165) is 11.3 Å². The number of sulfonamides is 1. The first kappa shape index (κ1) is 16.3. The zero-order valence-electron chi connectivity index (χ0n) is 13.7. The molecule has 2 aliphatic heterocycles. The van der Waals surface area contributed by atoms with Gasteiger partial charge in [0.1, 0.15) is 5.75 Å². The van der Waals surface area contributed by atoms with Crippen LogP contribution in [0.4, 0.5) is 5.69 Å². The number of hydrogen-bond acceptors (Lipinski definition) is 4. The van der Waals surface area contributed by atoms with Gasteiger partial charge in [0.25, 0.3) is 0 Å². The summed E-state index contributed by atoms with van der Waals surface area (Å²) in [4.78, 5) is 14.5. The standard InChI is InChI=1S/C16H22N2O4S/c1-4-9-23(20,21)18-8-7-16(11-18)13-10-12(22-3)5-6-14(13)17(2)15(16)19/h5-6,10H,4,7-9,11H2,1-3H3. The minimum absolute atomic E-state index is 0.0325. The van der Waals surface area contributed by atoms with Crippen molar-refractivity contribution in [1.82, 2.24) is 4.31 Å². The minimum atomic E-state index is -3.30. The number of anilines is 1. The van der Waals surface area contributed by atoms with E-state index in [1.54, 1.807) is 19.1 Å². The molecule has 1 aromatic carbocycles. The first-order chi connectivity index (χ1) is 10.9. The molecule has 0 N–H and O–H groups in total. The van der Waals surface area contributed by atoms with Gasteiger partial charge in [-0.25, -0.2) is 12.7 Å². The van der Waals surface area contributed by atoms with Gasteiger partial charge < -0.3 is 9.64 Å². The number of nitrogens with zero attached hydrogens (tertiary/aromatic N) is 2. The van der Waals surface area contributed by atoms with Gasteiger partial charge in [-0.2, -0.15) is 0 Å². The van der Waals surface area contributed by atoms with Crippen molar-refractivity contribution in [3.63, 3.8) is 0 Å². The first-order valence-electron chi connectivity index (χ1n) is 7.80. The highest BCUT2D eigenvalue weighted by atomic mass is 32.2. The summed E-state index contributed by atoms with van der Waals surface area (Å²) in [5.41, 5.74) is 0.934. The minimum Gasteiger partial charge on any atom is -0.497 e. The maximum Gasteiger partial charge on any atom is 0.238 e. The third kappa shape index (κ3) is 2.33. The second-order valence-electron chi connectivity index (χ2n) is 6.23. The second kappa shape index (κ2) is 5.49. The Labute approximate surface area is 137 Å². The summed E-state index contributed by atoms with van der Waals surface area (Å²) in [5.74, 6) is 0.772. The average molecular weight is 338 g/mol. The van der Waals surface area contributed by atoms with Crippen LogP contribution in [0, 0.1) is 0 Å². The maximum atomic E-state index is 12.9. The quantitative estimate of drug-likeness (QED) is 0.831. The Morgan fingerprint density at radius 1 is 1.35 bits per heavy atom. The summed E-state index contributed by atoms with van der Waals surface area (Å²) in [6, 6.07) is 5.55. The van der Waals surface area contributed by atoms with Gasteiger partial charge in [0, 0.05) is 25.8 Å². The van der Waals surface area contributed by atoms with E-state index in [0.29, 0.717) is 25.1 Å². The zero-order chi connectivity index (χ0) is 16.8. The van der Waals surface area contributed by atoms with E-state index < -0.39 is 15.4 Å². The van der Waals surface area contributed by atoms with Gasteiger partial charge in [-0.05, 0) is 36.6 Å². The van der Waals surface area contributed by atoms with Gasteiger partial charge in [0.05, 0.1) is 18.3 Å². The summed E-state index contributed by atoms with van der Waals surface area (Å²) in [6.45, 7) is 2.45. The van der Waals surface area contributed by atoms with Gasteiger partial charge in [-0.15, -0.1) is 0 Å². The molecule has 0 radical (unpaired) electrons. The lowest BCUT2D eigenvalue weighted by atomic mass is 9.81.